The van der Waals surface area contributed by atoms with Crippen molar-refractivity contribution in [2.75, 3.05) is 17.7 Å². The van der Waals surface area contributed by atoms with Gasteiger partial charge in [-0.15, -0.1) is 0 Å². The van der Waals surface area contributed by atoms with E-state index in [2.05, 4.69) is 10.6 Å². The SMILES string of the molecule is COc1ccc(NC(=O)CCCCCCCCC(=O)Nc2ccc(CO)cc2C)c(C)c1. The van der Waals surface area contributed by atoms with E-state index in [1.54, 1.807) is 7.11 Å². The van der Waals surface area contributed by atoms with Crippen molar-refractivity contribution in [1.29, 1.82) is 0 Å². The highest BCUT2D eigenvalue weighted by Crippen LogP contribution is 2.21. The van der Waals surface area contributed by atoms with E-state index >= 15 is 0 Å². The molecule has 2 aromatic rings. The zero-order valence-electron chi connectivity index (χ0n) is 19.5. The summed E-state index contributed by atoms with van der Waals surface area (Å²) >= 11 is 0. The summed E-state index contributed by atoms with van der Waals surface area (Å²) in [5, 5.41) is 15.1. The van der Waals surface area contributed by atoms with Gasteiger partial charge in [-0.05, 0) is 67.6 Å². The molecule has 0 aromatic heterocycles. The summed E-state index contributed by atoms with van der Waals surface area (Å²) < 4.78 is 5.18. The van der Waals surface area contributed by atoms with Crippen molar-refractivity contribution in [3.05, 3.63) is 53.1 Å². The number of anilines is 2. The molecule has 0 aliphatic carbocycles. The van der Waals surface area contributed by atoms with Crippen LogP contribution in [0.3, 0.4) is 0 Å². The number of carbonyl (C=O) groups is 2. The first kappa shape index (κ1) is 25.4. The van der Waals surface area contributed by atoms with E-state index in [0.717, 1.165) is 72.3 Å². The molecule has 3 N–H and O–H groups in total. The quantitative estimate of drug-likeness (QED) is 0.359. The van der Waals surface area contributed by atoms with Crippen molar-refractivity contribution >= 4 is 23.2 Å². The Morgan fingerprint density at radius 1 is 0.781 bits per heavy atom. The van der Waals surface area contributed by atoms with Gasteiger partial charge in [0.15, 0.2) is 0 Å². The summed E-state index contributed by atoms with van der Waals surface area (Å²) in [5.41, 5.74) is 4.41. The van der Waals surface area contributed by atoms with Crippen LogP contribution in [-0.4, -0.2) is 24.0 Å². The first-order valence-corrected chi connectivity index (χ1v) is 11.4. The Bertz CT molecular complexity index is 822. The van der Waals surface area contributed by atoms with Gasteiger partial charge in [0.25, 0.3) is 0 Å². The molecule has 32 heavy (non-hydrogen) atoms. The molecular weight excluding hydrogens is 404 g/mol. The second kappa shape index (κ2) is 13.5. The number of benzene rings is 2. The molecule has 0 unspecified atom stereocenters. The topological polar surface area (TPSA) is 87.7 Å². The summed E-state index contributed by atoms with van der Waals surface area (Å²) in [7, 11) is 1.63. The van der Waals surface area contributed by atoms with E-state index < -0.39 is 0 Å². The maximum atomic E-state index is 12.1. The number of rotatable bonds is 13. The lowest BCUT2D eigenvalue weighted by Crippen LogP contribution is -2.12. The zero-order valence-corrected chi connectivity index (χ0v) is 19.5. The fraction of sp³-hybridized carbons (Fsp3) is 0.462. The van der Waals surface area contributed by atoms with Crippen molar-refractivity contribution in [1.82, 2.24) is 0 Å². The Kier molecular flexibility index (Phi) is 10.7. The third-order valence-corrected chi connectivity index (χ3v) is 5.51. The summed E-state index contributed by atoms with van der Waals surface area (Å²) in [6.07, 6.45) is 6.90. The van der Waals surface area contributed by atoms with Gasteiger partial charge >= 0.3 is 0 Å². The van der Waals surface area contributed by atoms with Crippen molar-refractivity contribution in [2.24, 2.45) is 0 Å². The van der Waals surface area contributed by atoms with Crippen LogP contribution in [0.1, 0.15) is 68.1 Å². The van der Waals surface area contributed by atoms with Gasteiger partial charge in [0.05, 0.1) is 13.7 Å². The molecular formula is C26H36N2O4. The molecule has 0 radical (unpaired) electrons. The standard InChI is InChI=1S/C26H36N2O4/c1-19-16-21(18-29)12-14-23(19)27-25(30)10-8-6-4-5-7-9-11-26(31)28-24-15-13-22(32-3)17-20(24)2/h12-17,29H,4-11,18H2,1-3H3,(H,27,30)(H,28,31). The van der Waals surface area contributed by atoms with Gasteiger partial charge in [0.2, 0.25) is 11.8 Å². The minimum atomic E-state index is 0.00206. The minimum absolute atomic E-state index is 0.00206. The van der Waals surface area contributed by atoms with Crippen molar-refractivity contribution in [2.45, 2.75) is 71.8 Å². The van der Waals surface area contributed by atoms with Gasteiger partial charge in [0, 0.05) is 24.2 Å². The molecule has 6 nitrogen and oxygen atoms in total. The normalized spacial score (nSPS) is 10.6. The molecule has 174 valence electrons. The highest BCUT2D eigenvalue weighted by Gasteiger charge is 2.07. The van der Waals surface area contributed by atoms with Crippen LogP contribution in [0.4, 0.5) is 11.4 Å². The van der Waals surface area contributed by atoms with Crippen LogP contribution in [0, 0.1) is 13.8 Å². The average Bonchev–Trinajstić information content (AvgIpc) is 2.78. The average molecular weight is 441 g/mol. The summed E-state index contributed by atoms with van der Waals surface area (Å²) in [6.45, 7) is 3.88. The van der Waals surface area contributed by atoms with E-state index in [4.69, 9.17) is 9.84 Å². The molecule has 2 amide bonds. The molecule has 2 rings (SSSR count). The fourth-order valence-corrected chi connectivity index (χ4v) is 3.57. The smallest absolute Gasteiger partial charge is 0.224 e. The minimum Gasteiger partial charge on any atom is -0.497 e. The number of aryl methyl sites for hydroxylation is 2. The van der Waals surface area contributed by atoms with E-state index in [0.29, 0.717) is 12.8 Å². The molecule has 0 saturated carbocycles. The van der Waals surface area contributed by atoms with Crippen LogP contribution in [-0.2, 0) is 16.2 Å². The van der Waals surface area contributed by atoms with Crippen LogP contribution in [0.25, 0.3) is 0 Å². The number of methoxy groups -OCH3 is 1. The molecule has 0 spiro atoms. The molecule has 0 saturated heterocycles. The molecule has 0 bridgehead atoms. The Morgan fingerprint density at radius 3 is 1.75 bits per heavy atom. The predicted octanol–water partition coefficient (Wildman–Crippen LogP) is 5.50. The number of unbranched alkanes of at least 4 members (excludes halogenated alkanes) is 5. The van der Waals surface area contributed by atoms with Gasteiger partial charge in [-0.25, -0.2) is 0 Å². The molecule has 2 aromatic carbocycles. The second-order valence-corrected chi connectivity index (χ2v) is 8.21. The van der Waals surface area contributed by atoms with Gasteiger partial charge < -0.3 is 20.5 Å². The van der Waals surface area contributed by atoms with Crippen LogP contribution in [0.5, 0.6) is 5.75 Å². The maximum Gasteiger partial charge on any atom is 0.224 e. The number of aliphatic hydroxyl groups excluding tert-OH is 1. The van der Waals surface area contributed by atoms with Gasteiger partial charge in [-0.1, -0.05) is 37.8 Å². The molecule has 0 fully saturated rings. The summed E-state index contributed by atoms with van der Waals surface area (Å²) in [4.78, 5) is 24.3. The highest BCUT2D eigenvalue weighted by atomic mass is 16.5. The number of ether oxygens (including phenoxy) is 1. The molecule has 0 heterocycles. The summed E-state index contributed by atoms with van der Waals surface area (Å²) in [6, 6.07) is 11.2. The third kappa shape index (κ3) is 8.71. The van der Waals surface area contributed by atoms with E-state index in [1.165, 1.54) is 0 Å². The van der Waals surface area contributed by atoms with Crippen LogP contribution < -0.4 is 15.4 Å². The largest absolute Gasteiger partial charge is 0.497 e. The van der Waals surface area contributed by atoms with Gasteiger partial charge in [-0.3, -0.25) is 9.59 Å². The monoisotopic (exact) mass is 440 g/mol. The lowest BCUT2D eigenvalue weighted by Gasteiger charge is -2.10. The zero-order chi connectivity index (χ0) is 23.3. The molecule has 0 aliphatic rings. The van der Waals surface area contributed by atoms with Crippen LogP contribution >= 0.6 is 0 Å². The van der Waals surface area contributed by atoms with E-state index in [-0.39, 0.29) is 18.4 Å². The van der Waals surface area contributed by atoms with Gasteiger partial charge in [-0.2, -0.15) is 0 Å². The number of hydrogen-bond acceptors (Lipinski definition) is 4. The van der Waals surface area contributed by atoms with Gasteiger partial charge in [0.1, 0.15) is 5.75 Å². The number of carbonyl (C=O) groups excluding carboxylic acids is 2. The Hall–Kier alpha value is -2.86. The molecule has 6 heteroatoms. The third-order valence-electron chi connectivity index (χ3n) is 5.51. The number of aliphatic hydroxyl groups is 1. The highest BCUT2D eigenvalue weighted by molar-refractivity contribution is 5.92. The van der Waals surface area contributed by atoms with Crippen molar-refractivity contribution in [3.63, 3.8) is 0 Å². The Balaban J connectivity index is 1.53. The molecule has 0 atom stereocenters. The molecule has 0 aliphatic heterocycles. The fourth-order valence-electron chi connectivity index (χ4n) is 3.57. The second-order valence-electron chi connectivity index (χ2n) is 8.21. The van der Waals surface area contributed by atoms with Crippen LogP contribution in [0.2, 0.25) is 0 Å². The van der Waals surface area contributed by atoms with E-state index in [9.17, 15) is 9.59 Å². The maximum absolute atomic E-state index is 12.1. The van der Waals surface area contributed by atoms with Crippen LogP contribution in [0.15, 0.2) is 36.4 Å². The lowest BCUT2D eigenvalue weighted by molar-refractivity contribution is -0.117. The van der Waals surface area contributed by atoms with Crippen molar-refractivity contribution in [3.8, 4) is 5.75 Å². The summed E-state index contributed by atoms with van der Waals surface area (Å²) in [5.74, 6) is 0.845. The Morgan fingerprint density at radius 2 is 1.28 bits per heavy atom. The lowest BCUT2D eigenvalue weighted by atomic mass is 10.1. The number of amides is 2. The first-order chi connectivity index (χ1) is 15.4. The Labute approximate surface area is 191 Å². The van der Waals surface area contributed by atoms with E-state index in [1.807, 2.05) is 50.2 Å². The number of hydrogen-bond donors (Lipinski definition) is 3. The van der Waals surface area contributed by atoms with Crippen molar-refractivity contribution < 1.29 is 19.4 Å². The number of nitrogens with one attached hydrogen (secondary N) is 2. The predicted molar refractivity (Wildman–Crippen MR) is 129 cm³/mol. The first-order valence-electron chi connectivity index (χ1n) is 11.4.